The van der Waals surface area contributed by atoms with Crippen LogP contribution in [0, 0.1) is 0 Å². The van der Waals surface area contributed by atoms with Crippen molar-refractivity contribution in [1.82, 2.24) is 0 Å². The zero-order valence-corrected chi connectivity index (χ0v) is 41.7. The molecule has 7 rings (SSSR count). The third kappa shape index (κ3) is 10.8. The minimum atomic E-state index is -0.561. The van der Waals surface area contributed by atoms with Gasteiger partial charge in [0, 0.05) is 35.4 Å². The minimum absolute atomic E-state index is 0.467. The maximum absolute atomic E-state index is 7.07. The first kappa shape index (κ1) is 46.4. The molecule has 338 valence electrons. The monoisotopic (exact) mass is 863 g/mol. The van der Waals surface area contributed by atoms with Crippen molar-refractivity contribution in [2.45, 2.75) is 158 Å². The van der Waals surface area contributed by atoms with E-state index in [1.165, 1.54) is 0 Å². The second-order valence-corrected chi connectivity index (χ2v) is 23.1. The standard InChI is InChI=1S/C58H70O6/c1-53(2,3)59-39-31-45(61-55(7,8)9)51(46(32-39)62-56(10,11)12)49-41-27-35-23-19-21-25-37(35)29-43(41)50(44-30-38-26-22-20-24-36(38)28-42(44)49)52-47(63-57(13,14)15)33-40(60-54(4,5)6)34-48(52)64-58(16,17)18/h19-34H,1-18H3. The molecule has 0 spiro atoms. The Balaban J connectivity index is 1.79. The SMILES string of the molecule is CC(C)(C)Oc1cc(OC(C)(C)C)c(-c2c3cc4ccccc4cc3c(-c3c(OC(C)(C)C)cc(OC(C)(C)C)cc3OC(C)(C)C)c3cc4ccccc4cc23)c(OC(C)(C)C)c1. The van der Waals surface area contributed by atoms with Crippen molar-refractivity contribution in [3.63, 3.8) is 0 Å². The second kappa shape index (κ2) is 16.1. The van der Waals surface area contributed by atoms with Crippen molar-refractivity contribution >= 4 is 43.1 Å². The zero-order valence-electron chi connectivity index (χ0n) is 41.7. The van der Waals surface area contributed by atoms with Gasteiger partial charge in [-0.15, -0.1) is 0 Å². The van der Waals surface area contributed by atoms with E-state index in [-0.39, 0.29) is 0 Å². The van der Waals surface area contributed by atoms with Gasteiger partial charge in [-0.2, -0.15) is 0 Å². The third-order valence-corrected chi connectivity index (χ3v) is 9.94. The van der Waals surface area contributed by atoms with Gasteiger partial charge in [-0.1, -0.05) is 48.5 Å². The first-order valence-corrected chi connectivity index (χ1v) is 22.7. The highest BCUT2D eigenvalue weighted by Gasteiger charge is 2.32. The molecule has 7 aromatic rings. The summed E-state index contributed by atoms with van der Waals surface area (Å²) in [6.07, 6.45) is 0. The van der Waals surface area contributed by atoms with Gasteiger partial charge < -0.3 is 28.4 Å². The van der Waals surface area contributed by atoms with E-state index in [1.807, 2.05) is 24.3 Å². The molecular weight excluding hydrogens is 793 g/mol. The Hall–Kier alpha value is -5.62. The van der Waals surface area contributed by atoms with E-state index in [0.29, 0.717) is 34.5 Å². The molecule has 6 heteroatoms. The van der Waals surface area contributed by atoms with Crippen molar-refractivity contribution in [1.29, 1.82) is 0 Å². The summed E-state index contributed by atoms with van der Waals surface area (Å²) in [5.41, 5.74) is 0.516. The summed E-state index contributed by atoms with van der Waals surface area (Å²) in [5, 5.41) is 8.54. The van der Waals surface area contributed by atoms with E-state index in [1.54, 1.807) is 0 Å². The predicted molar refractivity (Wildman–Crippen MR) is 270 cm³/mol. The van der Waals surface area contributed by atoms with Gasteiger partial charge in [0.1, 0.15) is 68.1 Å². The van der Waals surface area contributed by atoms with Crippen molar-refractivity contribution in [3.8, 4) is 56.8 Å². The van der Waals surface area contributed by atoms with E-state index in [2.05, 4.69) is 197 Å². The Labute approximate surface area is 382 Å². The van der Waals surface area contributed by atoms with Gasteiger partial charge in [0.25, 0.3) is 0 Å². The summed E-state index contributed by atoms with van der Waals surface area (Å²) in [4.78, 5) is 0. The van der Waals surface area contributed by atoms with E-state index >= 15 is 0 Å². The molecule has 0 aliphatic carbocycles. The molecule has 6 nitrogen and oxygen atoms in total. The molecule has 64 heavy (non-hydrogen) atoms. The molecule has 0 heterocycles. The van der Waals surface area contributed by atoms with Crippen LogP contribution in [0.3, 0.4) is 0 Å². The molecule has 7 aromatic carbocycles. The van der Waals surface area contributed by atoms with E-state index in [0.717, 1.165) is 65.3 Å². The lowest BCUT2D eigenvalue weighted by Gasteiger charge is -2.32. The molecule has 0 fully saturated rings. The van der Waals surface area contributed by atoms with Gasteiger partial charge in [0.2, 0.25) is 0 Å². The lowest BCUT2D eigenvalue weighted by atomic mass is 9.82. The zero-order chi connectivity index (χ0) is 46.9. The number of hydrogen-bond donors (Lipinski definition) is 0. The molecule has 0 unspecified atom stereocenters. The fourth-order valence-electron chi connectivity index (χ4n) is 8.23. The van der Waals surface area contributed by atoms with Crippen LogP contribution in [0.1, 0.15) is 125 Å². The van der Waals surface area contributed by atoms with Crippen molar-refractivity contribution < 1.29 is 28.4 Å². The van der Waals surface area contributed by atoms with Crippen LogP contribution in [0.2, 0.25) is 0 Å². The molecule has 0 aliphatic heterocycles. The second-order valence-electron chi connectivity index (χ2n) is 23.1. The largest absolute Gasteiger partial charge is 0.488 e. The molecule has 0 aromatic heterocycles. The van der Waals surface area contributed by atoms with E-state index in [9.17, 15) is 0 Å². The highest BCUT2D eigenvalue weighted by atomic mass is 16.5. The molecule has 0 saturated heterocycles. The Morgan fingerprint density at radius 3 is 0.641 bits per heavy atom. The fourth-order valence-corrected chi connectivity index (χ4v) is 8.23. The number of rotatable bonds is 8. The first-order chi connectivity index (χ1) is 29.4. The summed E-state index contributed by atoms with van der Waals surface area (Å²) in [7, 11) is 0. The molecule has 0 radical (unpaired) electrons. The average Bonchev–Trinajstić information content (AvgIpc) is 3.09. The Bertz CT molecular complexity index is 2510. The summed E-state index contributed by atoms with van der Waals surface area (Å²) in [6.45, 7) is 37.3. The van der Waals surface area contributed by atoms with Crippen LogP contribution in [0.15, 0.2) is 97.1 Å². The van der Waals surface area contributed by atoms with Crippen molar-refractivity contribution in [2.24, 2.45) is 0 Å². The molecule has 0 bridgehead atoms. The minimum Gasteiger partial charge on any atom is -0.488 e. The Morgan fingerprint density at radius 1 is 0.250 bits per heavy atom. The normalized spacial score (nSPS) is 13.2. The summed E-state index contributed by atoms with van der Waals surface area (Å²) in [6, 6.07) is 34.6. The van der Waals surface area contributed by atoms with Gasteiger partial charge >= 0.3 is 0 Å². The number of hydrogen-bond acceptors (Lipinski definition) is 6. The summed E-state index contributed by atoms with van der Waals surface area (Å²) < 4.78 is 41.5. The predicted octanol–water partition coefficient (Wildman–Crippen LogP) is 16.7. The highest BCUT2D eigenvalue weighted by molar-refractivity contribution is 6.27. The molecule has 0 amide bonds. The van der Waals surface area contributed by atoms with Crippen LogP contribution in [0.25, 0.3) is 65.3 Å². The summed E-state index contributed by atoms with van der Waals surface area (Å²) >= 11 is 0. The van der Waals surface area contributed by atoms with Gasteiger partial charge in [-0.3, -0.25) is 0 Å². The quantitative estimate of drug-likeness (QED) is 0.142. The molecule has 0 aliphatic rings. The smallest absolute Gasteiger partial charge is 0.135 e. The maximum atomic E-state index is 7.07. The van der Waals surface area contributed by atoms with Crippen LogP contribution < -0.4 is 28.4 Å². The average molecular weight is 863 g/mol. The van der Waals surface area contributed by atoms with Crippen molar-refractivity contribution in [3.05, 3.63) is 97.1 Å². The molecule has 0 atom stereocenters. The van der Waals surface area contributed by atoms with E-state index < -0.39 is 33.6 Å². The molecule has 0 N–H and O–H groups in total. The van der Waals surface area contributed by atoms with Gasteiger partial charge in [0.15, 0.2) is 0 Å². The molecule has 0 saturated carbocycles. The van der Waals surface area contributed by atoms with Gasteiger partial charge in [-0.05, 0) is 192 Å². The van der Waals surface area contributed by atoms with Crippen molar-refractivity contribution in [2.75, 3.05) is 0 Å². The van der Waals surface area contributed by atoms with Crippen LogP contribution in [0.4, 0.5) is 0 Å². The number of fused-ring (bicyclic) bond motifs is 4. The lowest BCUT2D eigenvalue weighted by molar-refractivity contribution is 0.111. The van der Waals surface area contributed by atoms with Crippen LogP contribution in [0.5, 0.6) is 34.5 Å². The highest BCUT2D eigenvalue weighted by Crippen LogP contribution is 2.56. The Kier molecular flexibility index (Phi) is 11.7. The Morgan fingerprint density at radius 2 is 0.453 bits per heavy atom. The summed E-state index contributed by atoms with van der Waals surface area (Å²) in [5.74, 6) is 4.01. The van der Waals surface area contributed by atoms with Crippen LogP contribution in [-0.4, -0.2) is 33.6 Å². The first-order valence-electron chi connectivity index (χ1n) is 22.7. The van der Waals surface area contributed by atoms with Gasteiger partial charge in [-0.25, -0.2) is 0 Å². The number of ether oxygens (including phenoxy) is 6. The van der Waals surface area contributed by atoms with Crippen LogP contribution >= 0.6 is 0 Å². The number of benzene rings is 7. The topological polar surface area (TPSA) is 55.4 Å². The van der Waals surface area contributed by atoms with Crippen LogP contribution in [-0.2, 0) is 0 Å². The molecular formula is C58H70O6. The third-order valence-electron chi connectivity index (χ3n) is 9.94. The van der Waals surface area contributed by atoms with E-state index in [4.69, 9.17) is 28.4 Å². The lowest BCUT2D eigenvalue weighted by Crippen LogP contribution is -2.27. The fraction of sp³-hybridized carbons (Fsp3) is 0.414. The van der Waals surface area contributed by atoms with Gasteiger partial charge in [0.05, 0.1) is 11.1 Å². The maximum Gasteiger partial charge on any atom is 0.135 e.